The van der Waals surface area contributed by atoms with Gasteiger partial charge in [0.2, 0.25) is 5.91 Å². The highest BCUT2D eigenvalue weighted by molar-refractivity contribution is 6.42. The van der Waals surface area contributed by atoms with Crippen LogP contribution in [0.2, 0.25) is 10.0 Å². The molecule has 2 aliphatic heterocycles. The second-order valence-corrected chi connectivity index (χ2v) is 9.35. The van der Waals surface area contributed by atoms with E-state index in [-0.39, 0.29) is 33.6 Å². The van der Waals surface area contributed by atoms with E-state index < -0.39 is 11.8 Å². The topological polar surface area (TPSA) is 88.1 Å². The number of methoxy groups -OCH3 is 1. The molecule has 37 heavy (non-hydrogen) atoms. The van der Waals surface area contributed by atoms with Gasteiger partial charge < -0.3 is 14.4 Å². The number of likely N-dealkylation sites (tertiary alicyclic amines) is 1. The van der Waals surface area contributed by atoms with E-state index in [0.717, 1.165) is 4.90 Å². The van der Waals surface area contributed by atoms with Crippen molar-refractivity contribution in [1.29, 1.82) is 0 Å². The molecule has 0 unspecified atom stereocenters. The fourth-order valence-electron chi connectivity index (χ4n) is 4.63. The van der Waals surface area contributed by atoms with Crippen LogP contribution < -0.4 is 19.3 Å². The number of halogens is 3. The van der Waals surface area contributed by atoms with Crippen LogP contribution in [0.3, 0.4) is 0 Å². The number of hydrogen-bond acceptors (Lipinski definition) is 6. The molecule has 0 atom stereocenters. The lowest BCUT2D eigenvalue weighted by atomic mass is 10.1. The maximum Gasteiger partial charge on any atom is 0.334 e. The molecule has 192 valence electrons. The molecule has 3 heterocycles. The van der Waals surface area contributed by atoms with Gasteiger partial charge in [0.15, 0.2) is 23.1 Å². The summed E-state index contributed by atoms with van der Waals surface area (Å²) >= 11 is 12.0. The Balaban J connectivity index is 1.63. The molecule has 1 fully saturated rings. The molecule has 3 amide bonds. The number of hydrogen-bond donors (Lipinski definition) is 0. The summed E-state index contributed by atoms with van der Waals surface area (Å²) in [6.45, 7) is 4.56. The fourth-order valence-corrected chi connectivity index (χ4v) is 4.94. The Hall–Kier alpha value is -3.63. The third-order valence-electron chi connectivity index (χ3n) is 6.51. The number of anilines is 3. The van der Waals surface area contributed by atoms with Crippen molar-refractivity contribution in [1.82, 2.24) is 14.9 Å². The third-order valence-corrected chi connectivity index (χ3v) is 7.30. The quantitative estimate of drug-likeness (QED) is 0.317. The molecular formula is C25H22Cl2FN5O4. The predicted octanol–water partition coefficient (Wildman–Crippen LogP) is 5.35. The first kappa shape index (κ1) is 25.0. The van der Waals surface area contributed by atoms with Gasteiger partial charge in [-0.25, -0.2) is 24.1 Å². The van der Waals surface area contributed by atoms with Gasteiger partial charge >= 0.3 is 6.03 Å². The molecule has 0 radical (unpaired) electrons. The summed E-state index contributed by atoms with van der Waals surface area (Å²) in [5.41, 5.74) is 0.770. The van der Waals surface area contributed by atoms with Crippen LogP contribution in [0.25, 0.3) is 10.9 Å². The first-order valence-corrected chi connectivity index (χ1v) is 12.2. The monoisotopic (exact) mass is 545 g/mol. The minimum atomic E-state index is -0.850. The van der Waals surface area contributed by atoms with Crippen molar-refractivity contribution >= 4 is 63.2 Å². The number of ether oxygens (including phenoxy) is 2. The molecule has 0 spiro atoms. The summed E-state index contributed by atoms with van der Waals surface area (Å²) in [4.78, 5) is 38.5. The van der Waals surface area contributed by atoms with Crippen LogP contribution >= 0.6 is 23.2 Å². The van der Waals surface area contributed by atoms with Crippen LogP contribution in [0.15, 0.2) is 37.2 Å². The van der Waals surface area contributed by atoms with Gasteiger partial charge in [0.05, 0.1) is 33.7 Å². The maximum absolute atomic E-state index is 15.2. The number of aromatic nitrogens is 2. The lowest BCUT2D eigenvalue weighted by Gasteiger charge is -2.37. The largest absolute Gasteiger partial charge is 0.493 e. The van der Waals surface area contributed by atoms with Crippen LogP contribution in [0, 0.1) is 5.82 Å². The van der Waals surface area contributed by atoms with Crippen LogP contribution in [-0.4, -0.2) is 60.2 Å². The summed E-state index contributed by atoms with van der Waals surface area (Å²) in [6, 6.07) is 3.88. The van der Waals surface area contributed by atoms with Gasteiger partial charge in [-0.15, -0.1) is 0 Å². The zero-order chi connectivity index (χ0) is 26.4. The van der Waals surface area contributed by atoms with E-state index in [2.05, 4.69) is 16.5 Å². The Bertz CT molecular complexity index is 1440. The average Bonchev–Trinajstić information content (AvgIpc) is 2.91. The SMILES string of the molecule is C=CC(=O)N1CCC(Oc2c(OC)cc3ncnc4c3c2N(C)C(=O)N4c2ccc(Cl)c(Cl)c2F)CC1. The zero-order valence-electron chi connectivity index (χ0n) is 20.0. The highest BCUT2D eigenvalue weighted by Crippen LogP contribution is 2.51. The molecule has 1 saturated heterocycles. The van der Waals surface area contributed by atoms with Gasteiger partial charge in [-0.2, -0.15) is 0 Å². The van der Waals surface area contributed by atoms with Crippen LogP contribution in [0.1, 0.15) is 12.8 Å². The number of urea groups is 1. The molecule has 0 saturated carbocycles. The van der Waals surface area contributed by atoms with Crippen molar-refractivity contribution in [3.05, 3.63) is 53.0 Å². The molecule has 0 aliphatic carbocycles. The van der Waals surface area contributed by atoms with Gasteiger partial charge in [-0.3, -0.25) is 9.69 Å². The molecule has 0 N–H and O–H groups in total. The van der Waals surface area contributed by atoms with Crippen molar-refractivity contribution in [2.75, 3.05) is 37.0 Å². The summed E-state index contributed by atoms with van der Waals surface area (Å²) < 4.78 is 27.2. The zero-order valence-corrected chi connectivity index (χ0v) is 21.5. The second-order valence-electron chi connectivity index (χ2n) is 8.57. The molecule has 0 bridgehead atoms. The van der Waals surface area contributed by atoms with Crippen LogP contribution in [0.5, 0.6) is 11.5 Å². The molecule has 5 rings (SSSR count). The van der Waals surface area contributed by atoms with E-state index in [1.54, 1.807) is 18.0 Å². The van der Waals surface area contributed by atoms with E-state index in [1.807, 2.05) is 0 Å². The first-order chi connectivity index (χ1) is 17.8. The Kier molecular flexibility index (Phi) is 6.55. The van der Waals surface area contributed by atoms with Crippen molar-refractivity contribution in [3.8, 4) is 11.5 Å². The number of benzene rings is 2. The highest BCUT2D eigenvalue weighted by atomic mass is 35.5. The second kappa shape index (κ2) is 9.68. The van der Waals surface area contributed by atoms with E-state index in [4.69, 9.17) is 32.7 Å². The minimum absolute atomic E-state index is 0.0234. The molecule has 2 aromatic carbocycles. The third kappa shape index (κ3) is 4.10. The Labute approximate surface area is 222 Å². The number of carbonyl (C=O) groups excluding carboxylic acids is 2. The maximum atomic E-state index is 15.2. The smallest absolute Gasteiger partial charge is 0.334 e. The molecule has 2 aliphatic rings. The molecular weight excluding hydrogens is 524 g/mol. The summed E-state index contributed by atoms with van der Waals surface area (Å²) in [7, 11) is 3.05. The number of nitrogens with zero attached hydrogens (tertiary/aromatic N) is 5. The summed E-state index contributed by atoms with van der Waals surface area (Å²) in [5.74, 6) is -0.0926. The Morgan fingerprint density at radius 3 is 2.65 bits per heavy atom. The number of amides is 3. The predicted molar refractivity (Wildman–Crippen MR) is 139 cm³/mol. The summed E-state index contributed by atoms with van der Waals surface area (Å²) in [5, 5.41) is 0.200. The fraction of sp³-hybridized carbons (Fsp3) is 0.280. The lowest BCUT2D eigenvalue weighted by Crippen LogP contribution is -2.43. The Morgan fingerprint density at radius 2 is 1.97 bits per heavy atom. The molecule has 3 aromatic rings. The van der Waals surface area contributed by atoms with Gasteiger partial charge in [-0.05, 0) is 18.2 Å². The van der Waals surface area contributed by atoms with E-state index >= 15 is 4.39 Å². The number of rotatable bonds is 5. The van der Waals surface area contributed by atoms with Crippen molar-refractivity contribution in [3.63, 3.8) is 0 Å². The van der Waals surface area contributed by atoms with Gasteiger partial charge in [-0.1, -0.05) is 29.8 Å². The number of piperidine rings is 1. The number of carbonyl (C=O) groups is 2. The lowest BCUT2D eigenvalue weighted by molar-refractivity contribution is -0.127. The first-order valence-electron chi connectivity index (χ1n) is 11.4. The Morgan fingerprint density at radius 1 is 1.24 bits per heavy atom. The van der Waals surface area contributed by atoms with Crippen molar-refractivity contribution in [2.45, 2.75) is 18.9 Å². The van der Waals surface area contributed by atoms with Crippen molar-refractivity contribution < 1.29 is 23.5 Å². The van der Waals surface area contributed by atoms with Crippen LogP contribution in [0.4, 0.5) is 26.4 Å². The average molecular weight is 546 g/mol. The molecule has 9 nitrogen and oxygen atoms in total. The van der Waals surface area contributed by atoms with Gasteiger partial charge in [0, 0.05) is 39.0 Å². The minimum Gasteiger partial charge on any atom is -0.493 e. The van der Waals surface area contributed by atoms with E-state index in [9.17, 15) is 9.59 Å². The van der Waals surface area contributed by atoms with E-state index in [1.165, 1.54) is 36.5 Å². The summed E-state index contributed by atoms with van der Waals surface area (Å²) in [6.07, 6.45) is 3.50. The van der Waals surface area contributed by atoms with Gasteiger partial charge in [0.25, 0.3) is 0 Å². The normalized spacial score (nSPS) is 15.8. The van der Waals surface area contributed by atoms with Crippen molar-refractivity contribution in [2.24, 2.45) is 0 Å². The van der Waals surface area contributed by atoms with Crippen LogP contribution in [-0.2, 0) is 4.79 Å². The molecule has 12 heteroatoms. The standard InChI is InChI=1S/C25H22Cl2FN5O4/c1-4-18(34)32-9-7-13(8-10-32)37-23-17(36-3)11-15-19-22(23)31(2)25(35)33(24(19)30-12-29-15)16-6-5-14(26)20(27)21(16)28/h4-6,11-13H,1,7-10H2,2-3H3. The van der Waals surface area contributed by atoms with Gasteiger partial charge in [0.1, 0.15) is 18.1 Å². The van der Waals surface area contributed by atoms with E-state index in [0.29, 0.717) is 54.0 Å². The molecule has 1 aromatic heterocycles. The highest BCUT2D eigenvalue weighted by Gasteiger charge is 2.39.